The number of aryl methyl sites for hydroxylation is 1. The van der Waals surface area contributed by atoms with Gasteiger partial charge in [-0.3, -0.25) is 4.79 Å². The van der Waals surface area contributed by atoms with Crippen LogP contribution in [0.4, 0.5) is 11.4 Å². The SMILES string of the molecule is CNc1ccc(-c2nc3ccc(NC=O)cc3[nH]2)cc1.Cc1ccc(Cl)c(Cl)c1.O=CC1CCCCC1. The number of aldehydes is 1. The smallest absolute Gasteiger partial charge is 0.211 e. The molecule has 1 aliphatic carbocycles. The van der Waals surface area contributed by atoms with E-state index in [1.807, 2.05) is 68.6 Å². The lowest BCUT2D eigenvalue weighted by atomic mass is 9.91. The van der Waals surface area contributed by atoms with E-state index in [0.717, 1.165) is 58.5 Å². The fraction of sp³-hybridized carbons (Fsp3) is 0.276. The fourth-order valence-corrected chi connectivity index (χ4v) is 4.32. The minimum absolute atomic E-state index is 0.406. The fourth-order valence-electron chi connectivity index (χ4n) is 3.97. The molecule has 3 aromatic carbocycles. The highest BCUT2D eigenvalue weighted by Crippen LogP contribution is 2.24. The second kappa shape index (κ2) is 14.4. The number of fused-ring (bicyclic) bond motifs is 1. The molecule has 3 N–H and O–H groups in total. The second-order valence-electron chi connectivity index (χ2n) is 8.86. The predicted molar refractivity (Wildman–Crippen MR) is 155 cm³/mol. The van der Waals surface area contributed by atoms with Gasteiger partial charge in [-0.15, -0.1) is 0 Å². The molecule has 8 heteroatoms. The topological polar surface area (TPSA) is 86.9 Å². The molecule has 0 spiro atoms. The Morgan fingerprint density at radius 1 is 0.892 bits per heavy atom. The highest BCUT2D eigenvalue weighted by Gasteiger charge is 2.10. The maximum absolute atomic E-state index is 10.5. The molecule has 4 aromatic rings. The number of rotatable bonds is 5. The van der Waals surface area contributed by atoms with Gasteiger partial charge in [0, 0.05) is 29.9 Å². The highest BCUT2D eigenvalue weighted by atomic mass is 35.5. The summed E-state index contributed by atoms with van der Waals surface area (Å²) in [5, 5.41) is 6.94. The van der Waals surface area contributed by atoms with Crippen molar-refractivity contribution in [1.29, 1.82) is 0 Å². The molecule has 37 heavy (non-hydrogen) atoms. The largest absolute Gasteiger partial charge is 0.388 e. The molecule has 1 saturated carbocycles. The molecule has 0 atom stereocenters. The van der Waals surface area contributed by atoms with E-state index in [0.29, 0.717) is 22.4 Å². The number of anilines is 2. The maximum Gasteiger partial charge on any atom is 0.211 e. The van der Waals surface area contributed by atoms with Gasteiger partial charge in [-0.25, -0.2) is 4.98 Å². The Balaban J connectivity index is 0.000000184. The monoisotopic (exact) mass is 538 g/mol. The maximum atomic E-state index is 10.5. The molecule has 1 heterocycles. The van der Waals surface area contributed by atoms with Crippen molar-refractivity contribution in [3.63, 3.8) is 0 Å². The lowest BCUT2D eigenvalue weighted by Crippen LogP contribution is -2.06. The van der Waals surface area contributed by atoms with Crippen LogP contribution in [0.15, 0.2) is 60.7 Å². The second-order valence-corrected chi connectivity index (χ2v) is 9.67. The first-order valence-corrected chi connectivity index (χ1v) is 13.0. The van der Waals surface area contributed by atoms with E-state index >= 15 is 0 Å². The van der Waals surface area contributed by atoms with Crippen LogP contribution in [0.3, 0.4) is 0 Å². The molecule has 194 valence electrons. The third-order valence-electron chi connectivity index (χ3n) is 6.07. The molecular weight excluding hydrogens is 507 g/mol. The summed E-state index contributed by atoms with van der Waals surface area (Å²) >= 11 is 11.3. The molecule has 0 radical (unpaired) electrons. The number of halogens is 2. The molecule has 1 aliphatic rings. The summed E-state index contributed by atoms with van der Waals surface area (Å²) in [6, 6.07) is 19.1. The third kappa shape index (κ3) is 8.62. The highest BCUT2D eigenvalue weighted by molar-refractivity contribution is 6.42. The third-order valence-corrected chi connectivity index (χ3v) is 6.81. The number of amides is 1. The average molecular weight is 540 g/mol. The summed E-state index contributed by atoms with van der Waals surface area (Å²) in [4.78, 5) is 28.4. The van der Waals surface area contributed by atoms with Crippen LogP contribution in [-0.2, 0) is 9.59 Å². The van der Waals surface area contributed by atoms with E-state index in [2.05, 4.69) is 20.6 Å². The normalized spacial score (nSPS) is 13.0. The van der Waals surface area contributed by atoms with Crippen LogP contribution in [0.25, 0.3) is 22.4 Å². The van der Waals surface area contributed by atoms with Crippen molar-refractivity contribution >= 4 is 58.3 Å². The van der Waals surface area contributed by atoms with E-state index in [4.69, 9.17) is 23.2 Å². The van der Waals surface area contributed by atoms with E-state index in [1.54, 1.807) is 6.07 Å². The number of aromatic nitrogens is 2. The van der Waals surface area contributed by atoms with Gasteiger partial charge >= 0.3 is 0 Å². The van der Waals surface area contributed by atoms with Crippen molar-refractivity contribution in [2.24, 2.45) is 5.92 Å². The van der Waals surface area contributed by atoms with Crippen molar-refractivity contribution in [2.45, 2.75) is 39.0 Å². The molecule has 5 rings (SSSR count). The Labute approximate surface area is 227 Å². The summed E-state index contributed by atoms with van der Waals surface area (Å²) in [5.41, 5.74) is 5.71. The van der Waals surface area contributed by atoms with Crippen molar-refractivity contribution < 1.29 is 9.59 Å². The van der Waals surface area contributed by atoms with Crippen LogP contribution < -0.4 is 10.6 Å². The van der Waals surface area contributed by atoms with E-state index in [1.165, 1.54) is 19.3 Å². The molecular formula is C29H32Cl2N4O2. The Bertz CT molecular complexity index is 1300. The first-order chi connectivity index (χ1) is 17.9. The number of imidazole rings is 1. The van der Waals surface area contributed by atoms with Crippen LogP contribution in [0.2, 0.25) is 10.0 Å². The Hall–Kier alpha value is -3.35. The minimum atomic E-state index is 0.406. The van der Waals surface area contributed by atoms with Crippen LogP contribution in [0.1, 0.15) is 37.7 Å². The summed E-state index contributed by atoms with van der Waals surface area (Å²) in [7, 11) is 1.89. The zero-order chi connectivity index (χ0) is 26.6. The molecule has 1 aromatic heterocycles. The predicted octanol–water partition coefficient (Wildman–Crippen LogP) is 7.91. The van der Waals surface area contributed by atoms with Gasteiger partial charge in [-0.2, -0.15) is 0 Å². The van der Waals surface area contributed by atoms with E-state index in [-0.39, 0.29) is 0 Å². The Kier molecular flexibility index (Phi) is 11.0. The van der Waals surface area contributed by atoms with Crippen LogP contribution in [-0.4, -0.2) is 29.7 Å². The zero-order valence-electron chi connectivity index (χ0n) is 21.1. The number of aromatic amines is 1. The number of nitrogens with one attached hydrogen (secondary N) is 3. The Morgan fingerprint density at radius 3 is 2.16 bits per heavy atom. The lowest BCUT2D eigenvalue weighted by molar-refractivity contribution is -0.111. The average Bonchev–Trinajstić information content (AvgIpc) is 3.36. The van der Waals surface area contributed by atoms with Crippen LogP contribution in [0, 0.1) is 12.8 Å². The van der Waals surface area contributed by atoms with Gasteiger partial charge in [0.15, 0.2) is 0 Å². The number of H-pyrrole nitrogens is 1. The molecule has 0 saturated heterocycles. The summed E-state index contributed by atoms with van der Waals surface area (Å²) in [6.45, 7) is 1.97. The number of carbonyl (C=O) groups excluding carboxylic acids is 2. The van der Waals surface area contributed by atoms with Gasteiger partial charge in [0.2, 0.25) is 6.41 Å². The molecule has 1 amide bonds. The number of carbonyl (C=O) groups is 2. The first kappa shape index (κ1) is 28.2. The summed E-state index contributed by atoms with van der Waals surface area (Å²) < 4.78 is 0. The lowest BCUT2D eigenvalue weighted by Gasteiger charge is -2.14. The van der Waals surface area contributed by atoms with Gasteiger partial charge in [0.25, 0.3) is 0 Å². The summed E-state index contributed by atoms with van der Waals surface area (Å²) in [5.74, 6) is 1.22. The van der Waals surface area contributed by atoms with E-state index < -0.39 is 0 Å². The molecule has 1 fully saturated rings. The number of hydrogen-bond donors (Lipinski definition) is 3. The van der Waals surface area contributed by atoms with Gasteiger partial charge in [0.05, 0.1) is 21.1 Å². The van der Waals surface area contributed by atoms with Gasteiger partial charge in [-0.1, -0.05) is 48.5 Å². The molecule has 0 aliphatic heterocycles. The minimum Gasteiger partial charge on any atom is -0.388 e. The quantitative estimate of drug-likeness (QED) is 0.225. The Morgan fingerprint density at radius 2 is 1.59 bits per heavy atom. The zero-order valence-corrected chi connectivity index (χ0v) is 22.6. The summed E-state index contributed by atoms with van der Waals surface area (Å²) in [6.07, 6.45) is 7.93. The van der Waals surface area contributed by atoms with Crippen molar-refractivity contribution in [1.82, 2.24) is 9.97 Å². The van der Waals surface area contributed by atoms with Gasteiger partial charge in [-0.05, 0) is 79.9 Å². The number of nitrogens with zero attached hydrogens (tertiary/aromatic N) is 1. The molecule has 0 unspecified atom stereocenters. The van der Waals surface area contributed by atoms with Crippen LogP contribution >= 0.6 is 23.2 Å². The van der Waals surface area contributed by atoms with E-state index in [9.17, 15) is 9.59 Å². The van der Waals surface area contributed by atoms with Crippen molar-refractivity contribution in [3.05, 3.63) is 76.3 Å². The number of benzene rings is 3. The number of hydrogen-bond acceptors (Lipinski definition) is 4. The molecule has 6 nitrogen and oxygen atoms in total. The van der Waals surface area contributed by atoms with Crippen LogP contribution in [0.5, 0.6) is 0 Å². The van der Waals surface area contributed by atoms with Crippen molar-refractivity contribution in [3.8, 4) is 11.4 Å². The molecule has 0 bridgehead atoms. The first-order valence-electron chi connectivity index (χ1n) is 12.3. The van der Waals surface area contributed by atoms with Crippen molar-refractivity contribution in [2.75, 3.05) is 17.7 Å². The van der Waals surface area contributed by atoms with Gasteiger partial charge < -0.3 is 20.4 Å². The van der Waals surface area contributed by atoms with Gasteiger partial charge in [0.1, 0.15) is 12.1 Å². The standard InChI is InChI=1S/C15H14N4O.C7H6Cl2.C7H12O/c1-16-11-4-2-10(3-5-11)15-18-13-7-6-12(17-9-20)8-14(13)19-15;1-5-2-3-6(8)7(9)4-5;8-6-7-4-2-1-3-5-7/h2-9,16H,1H3,(H,17,20)(H,18,19);2-4H,1H3;6-7H,1-5H2.